The Balaban J connectivity index is 2.20. The van der Waals surface area contributed by atoms with Crippen LogP contribution in [0.1, 0.15) is 32.1 Å². The number of halogens is 1. The second-order valence-electron chi connectivity index (χ2n) is 7.90. The van der Waals surface area contributed by atoms with E-state index in [-0.39, 0.29) is 0 Å². The quantitative estimate of drug-likeness (QED) is 0.533. The molecule has 0 aromatic heterocycles. The first-order chi connectivity index (χ1) is 14.9. The van der Waals surface area contributed by atoms with Gasteiger partial charge < -0.3 is 0 Å². The summed E-state index contributed by atoms with van der Waals surface area (Å²) in [6.07, 6.45) is 4.96. The molecule has 1 aliphatic rings. The molecule has 4 rings (SSSR count). The molecule has 1 fully saturated rings. The molecule has 1 aliphatic carbocycles. The maximum atomic E-state index is 12.4. The minimum atomic E-state index is -4.74. The van der Waals surface area contributed by atoms with E-state index < -0.39 is 17.1 Å². The molecule has 0 heterocycles. The van der Waals surface area contributed by atoms with Crippen molar-refractivity contribution in [2.75, 3.05) is 0 Å². The van der Waals surface area contributed by atoms with Gasteiger partial charge in [-0.15, -0.1) is 0 Å². The van der Waals surface area contributed by atoms with Crippen molar-refractivity contribution in [2.24, 2.45) is 0 Å². The molecule has 0 N–H and O–H groups in total. The Morgan fingerprint density at radius 1 is 0.613 bits per heavy atom. The molecule has 3 aromatic rings. The Morgan fingerprint density at radius 2 is 1.00 bits per heavy atom. The van der Waals surface area contributed by atoms with Gasteiger partial charge in [-0.3, -0.25) is 0 Å². The van der Waals surface area contributed by atoms with Gasteiger partial charge >= 0.3 is 186 Å². The molecule has 6 heteroatoms. The number of hydrogen-bond donors (Lipinski definition) is 0. The summed E-state index contributed by atoms with van der Waals surface area (Å²) in [4.78, 5) is 0. The predicted octanol–water partition coefficient (Wildman–Crippen LogP) is 2.19. The van der Waals surface area contributed by atoms with Gasteiger partial charge in [0.15, 0.2) is 0 Å². The van der Waals surface area contributed by atoms with Crippen LogP contribution in [0.25, 0.3) is 0 Å². The van der Waals surface area contributed by atoms with E-state index in [9.17, 15) is 14.0 Å². The summed E-state index contributed by atoms with van der Waals surface area (Å²) >= 11 is 0. The molecular weight excluding hydrogens is 431 g/mol. The van der Waals surface area contributed by atoms with Gasteiger partial charge in [-0.25, -0.2) is 0 Å². The summed E-state index contributed by atoms with van der Waals surface area (Å²) in [6.45, 7) is -4.30. The monoisotopic (exact) mass is 456 g/mol. The summed E-state index contributed by atoms with van der Waals surface area (Å²) in [5, 5.41) is 2.07. The Morgan fingerprint density at radius 3 is 1.35 bits per heavy atom. The fraction of sp³-hybridized carbons (Fsp3) is 0.200. The molecule has 31 heavy (non-hydrogen) atoms. The summed E-state index contributed by atoms with van der Waals surface area (Å²) in [6, 6.07) is 28.0. The van der Waals surface area contributed by atoms with Crippen molar-refractivity contribution in [3.05, 3.63) is 102 Å². The van der Waals surface area contributed by atoms with Crippen LogP contribution in [0.15, 0.2) is 102 Å². The van der Waals surface area contributed by atoms with Crippen LogP contribution in [0, 0.1) is 10.2 Å². The fourth-order valence-corrected chi connectivity index (χ4v) is 11.8. The van der Waals surface area contributed by atoms with Crippen LogP contribution in [0.2, 0.25) is 0 Å². The summed E-state index contributed by atoms with van der Waals surface area (Å²) in [5.41, 5.74) is 1.14. The van der Waals surface area contributed by atoms with Crippen molar-refractivity contribution in [2.45, 2.75) is 32.1 Å². The van der Waals surface area contributed by atoms with Gasteiger partial charge in [-0.05, 0) is 0 Å². The van der Waals surface area contributed by atoms with E-state index in [4.69, 9.17) is 4.08 Å². The second kappa shape index (κ2) is 8.84. The SMILES string of the molecule is [O-][Cl+3]([O-])([O-])OP(C=C1CCCCC1)(c1ccccc1)(c1ccccc1)c1ccccc1. The molecule has 162 valence electrons. The molecule has 0 atom stereocenters. The van der Waals surface area contributed by atoms with Crippen LogP contribution in [0.5, 0.6) is 0 Å². The first kappa shape index (κ1) is 22.2. The first-order valence-corrected chi connectivity index (χ1v) is 13.9. The van der Waals surface area contributed by atoms with Crippen molar-refractivity contribution < 1.29 is 28.3 Å². The standard InChI is InChI=1S/C25H26ClO4P/c27-26(28,29)30-31(23-15-7-2-8-16-23,24-17-9-3-10-18-24,25-19-11-4-12-20-25)21-22-13-5-1-6-14-22/h2-4,7-12,15-21H,1,5-6,13-14H2. The van der Waals surface area contributed by atoms with Gasteiger partial charge in [0.2, 0.25) is 0 Å². The van der Waals surface area contributed by atoms with Gasteiger partial charge in [0.05, 0.1) is 0 Å². The Kier molecular flexibility index (Phi) is 6.32. The summed E-state index contributed by atoms with van der Waals surface area (Å²) in [5.74, 6) is 2.02. The Labute approximate surface area is 185 Å². The summed E-state index contributed by atoms with van der Waals surface area (Å²) < 4.78 is 43.2. The maximum absolute atomic E-state index is 12.4. The molecule has 0 radical (unpaired) electrons. The van der Waals surface area contributed by atoms with E-state index in [0.717, 1.165) is 37.7 Å². The molecular formula is C25H26ClO4P. The number of hydrogen-bond acceptors (Lipinski definition) is 4. The molecule has 0 unspecified atom stereocenters. The topological polar surface area (TPSA) is 78.4 Å². The van der Waals surface area contributed by atoms with Crippen molar-refractivity contribution in [3.8, 4) is 0 Å². The fourth-order valence-electron chi connectivity index (χ4n) is 4.64. The normalized spacial score (nSPS) is 16.4. The van der Waals surface area contributed by atoms with Crippen LogP contribution in [-0.2, 0) is 4.08 Å². The van der Waals surface area contributed by atoms with Crippen molar-refractivity contribution in [3.63, 3.8) is 0 Å². The zero-order chi connectivity index (χ0) is 21.8. The van der Waals surface area contributed by atoms with Gasteiger partial charge in [-0.1, -0.05) is 0 Å². The van der Waals surface area contributed by atoms with Crippen molar-refractivity contribution in [1.82, 2.24) is 0 Å². The van der Waals surface area contributed by atoms with Gasteiger partial charge in [-0.2, -0.15) is 0 Å². The number of rotatable bonds is 6. The van der Waals surface area contributed by atoms with E-state index in [2.05, 4.69) is 0 Å². The number of benzene rings is 3. The van der Waals surface area contributed by atoms with Crippen LogP contribution in [0.4, 0.5) is 0 Å². The second-order valence-corrected chi connectivity index (χ2v) is 13.2. The minimum absolute atomic E-state index is 0.691. The molecule has 3 aromatic carbocycles. The predicted molar refractivity (Wildman–Crippen MR) is 117 cm³/mol. The molecule has 4 nitrogen and oxygen atoms in total. The molecule has 1 saturated carbocycles. The van der Waals surface area contributed by atoms with Crippen molar-refractivity contribution >= 4 is 22.7 Å². The van der Waals surface area contributed by atoms with Gasteiger partial charge in [0.25, 0.3) is 0 Å². The third kappa shape index (κ3) is 4.20. The van der Waals surface area contributed by atoms with Gasteiger partial charge in [0, 0.05) is 0 Å². The molecule has 0 aliphatic heterocycles. The number of allylic oxidation sites excluding steroid dienone is 1. The third-order valence-corrected chi connectivity index (χ3v) is 12.6. The average Bonchev–Trinajstić information content (AvgIpc) is 2.80. The zero-order valence-electron chi connectivity index (χ0n) is 17.2. The Hall–Kier alpha value is -2.04. The summed E-state index contributed by atoms with van der Waals surface area (Å²) in [7, 11) is -4.74. The van der Waals surface area contributed by atoms with Crippen molar-refractivity contribution in [1.29, 1.82) is 0 Å². The first-order valence-electron chi connectivity index (χ1n) is 10.5. The third-order valence-electron chi connectivity index (χ3n) is 5.96. The van der Waals surface area contributed by atoms with E-state index in [1.807, 2.05) is 96.8 Å². The van der Waals surface area contributed by atoms with E-state index in [1.165, 1.54) is 0 Å². The van der Waals surface area contributed by atoms with Gasteiger partial charge in [0.1, 0.15) is 0 Å². The van der Waals surface area contributed by atoms with E-state index in [0.29, 0.717) is 15.9 Å². The van der Waals surface area contributed by atoms with Crippen LogP contribution in [0.3, 0.4) is 0 Å². The van der Waals surface area contributed by atoms with Crippen LogP contribution < -0.4 is 29.9 Å². The molecule has 0 saturated heterocycles. The Bertz CT molecular complexity index is 926. The van der Waals surface area contributed by atoms with Crippen LogP contribution >= 0.6 is 6.83 Å². The molecule has 0 amide bonds. The zero-order valence-corrected chi connectivity index (χ0v) is 18.9. The molecule has 0 bridgehead atoms. The molecule has 0 spiro atoms. The van der Waals surface area contributed by atoms with E-state index in [1.54, 1.807) is 0 Å². The van der Waals surface area contributed by atoms with E-state index >= 15 is 0 Å². The average molecular weight is 457 g/mol. The van der Waals surface area contributed by atoms with Crippen LogP contribution in [-0.4, -0.2) is 0 Å².